The zero-order chi connectivity index (χ0) is 16.8. The van der Waals surface area contributed by atoms with E-state index in [4.69, 9.17) is 15.7 Å². The molecule has 0 bridgehead atoms. The molecule has 0 saturated heterocycles. The first-order chi connectivity index (χ1) is 10.2. The van der Waals surface area contributed by atoms with Crippen molar-refractivity contribution in [3.05, 3.63) is 35.9 Å². The number of rotatable bonds is 7. The van der Waals surface area contributed by atoms with Gasteiger partial charge >= 0.3 is 0 Å². The van der Waals surface area contributed by atoms with Crippen LogP contribution in [0.25, 0.3) is 0 Å². The molecule has 0 aromatic heterocycles. The van der Waals surface area contributed by atoms with Gasteiger partial charge in [0.05, 0.1) is 18.6 Å². The predicted molar refractivity (Wildman–Crippen MR) is 90.4 cm³/mol. The molecule has 0 radical (unpaired) electrons. The van der Waals surface area contributed by atoms with Gasteiger partial charge in [0.1, 0.15) is 5.84 Å². The second kappa shape index (κ2) is 7.74. The molecular formula is C16H26N2O3S. The Morgan fingerprint density at radius 2 is 1.86 bits per heavy atom. The molecule has 0 spiro atoms. The van der Waals surface area contributed by atoms with E-state index in [1.54, 1.807) is 6.92 Å². The molecule has 0 aliphatic heterocycles. The molecule has 0 fully saturated rings. The number of hydrogen-bond acceptors (Lipinski definition) is 4. The van der Waals surface area contributed by atoms with Crippen LogP contribution in [0.2, 0.25) is 0 Å². The molecule has 6 heteroatoms. The predicted octanol–water partition coefficient (Wildman–Crippen LogP) is 2.50. The Bertz CT molecular complexity index is 526. The fraction of sp³-hybridized carbons (Fsp3) is 0.562. The Balaban J connectivity index is 2.74. The van der Waals surface area contributed by atoms with E-state index in [9.17, 15) is 4.21 Å². The van der Waals surface area contributed by atoms with Gasteiger partial charge in [0.15, 0.2) is 0 Å². The first kappa shape index (κ1) is 18.6. The van der Waals surface area contributed by atoms with Crippen molar-refractivity contribution in [1.29, 1.82) is 0 Å². The van der Waals surface area contributed by atoms with Crippen LogP contribution in [-0.4, -0.2) is 32.4 Å². The van der Waals surface area contributed by atoms with Crippen molar-refractivity contribution in [1.82, 2.24) is 0 Å². The Hall–Kier alpha value is -1.40. The largest absolute Gasteiger partial charge is 0.409 e. The summed E-state index contributed by atoms with van der Waals surface area (Å²) in [5.74, 6) is 0.319. The van der Waals surface area contributed by atoms with Crippen molar-refractivity contribution >= 4 is 16.6 Å². The number of ether oxygens (including phenoxy) is 1. The lowest BCUT2D eigenvalue weighted by atomic mass is 9.93. The van der Waals surface area contributed by atoms with Crippen molar-refractivity contribution in [2.75, 3.05) is 12.4 Å². The zero-order valence-electron chi connectivity index (χ0n) is 13.7. The Morgan fingerprint density at radius 3 is 2.36 bits per heavy atom. The lowest BCUT2D eigenvalue weighted by molar-refractivity contribution is 0.0782. The van der Waals surface area contributed by atoms with Crippen LogP contribution in [0.3, 0.4) is 0 Å². The molecule has 5 nitrogen and oxygen atoms in total. The third kappa shape index (κ3) is 5.42. The second-order valence-corrected chi connectivity index (χ2v) is 8.83. The van der Waals surface area contributed by atoms with Crippen molar-refractivity contribution in [2.45, 2.75) is 39.0 Å². The lowest BCUT2D eigenvalue weighted by Crippen LogP contribution is -2.45. The summed E-state index contributed by atoms with van der Waals surface area (Å²) in [6.45, 7) is 8.18. The Morgan fingerprint density at radius 1 is 1.27 bits per heavy atom. The van der Waals surface area contributed by atoms with E-state index in [1.807, 2.05) is 51.1 Å². The van der Waals surface area contributed by atoms with Gasteiger partial charge in [-0.05, 0) is 33.3 Å². The van der Waals surface area contributed by atoms with Crippen molar-refractivity contribution in [3.63, 3.8) is 0 Å². The molecule has 1 aromatic rings. The number of nitrogens with zero attached hydrogens (tertiary/aromatic N) is 1. The van der Waals surface area contributed by atoms with Gasteiger partial charge in [-0.15, -0.1) is 0 Å². The first-order valence-corrected chi connectivity index (χ1v) is 8.49. The standard InChI is InChI=1S/C16H26N2O3S/c1-15(2,3)22(20)12-16(4,14(17)18-19)11-21-10-13-8-6-5-7-9-13/h5-9,19H,10-12H2,1-4H3,(H2,17,18). The van der Waals surface area contributed by atoms with Gasteiger partial charge < -0.3 is 15.7 Å². The minimum absolute atomic E-state index is 0.0400. The molecule has 0 aliphatic rings. The van der Waals surface area contributed by atoms with Gasteiger partial charge in [-0.3, -0.25) is 4.21 Å². The molecule has 22 heavy (non-hydrogen) atoms. The summed E-state index contributed by atoms with van der Waals surface area (Å²) in [7, 11) is -1.13. The van der Waals surface area contributed by atoms with Crippen LogP contribution < -0.4 is 5.73 Å². The molecule has 124 valence electrons. The molecule has 3 N–H and O–H groups in total. The van der Waals surface area contributed by atoms with E-state index in [2.05, 4.69) is 5.16 Å². The second-order valence-electron chi connectivity index (χ2n) is 6.63. The highest BCUT2D eigenvalue weighted by Crippen LogP contribution is 2.24. The van der Waals surface area contributed by atoms with E-state index < -0.39 is 16.2 Å². The molecule has 0 heterocycles. The maximum absolute atomic E-state index is 12.4. The number of hydrogen-bond donors (Lipinski definition) is 2. The van der Waals surface area contributed by atoms with Gasteiger partial charge in [0.25, 0.3) is 0 Å². The smallest absolute Gasteiger partial charge is 0.148 e. The first-order valence-electron chi connectivity index (χ1n) is 7.17. The van der Waals surface area contributed by atoms with Crippen LogP contribution >= 0.6 is 0 Å². The molecule has 1 rings (SSSR count). The molecule has 2 unspecified atom stereocenters. The highest BCUT2D eigenvalue weighted by Gasteiger charge is 2.35. The summed E-state index contributed by atoms with van der Waals surface area (Å²) in [6.07, 6.45) is 0. The quantitative estimate of drug-likeness (QED) is 0.349. The summed E-state index contributed by atoms with van der Waals surface area (Å²) in [5.41, 5.74) is 6.07. The van der Waals surface area contributed by atoms with E-state index in [-0.39, 0.29) is 22.9 Å². The maximum atomic E-state index is 12.4. The van der Waals surface area contributed by atoms with Crippen molar-refractivity contribution < 1.29 is 14.2 Å². The average molecular weight is 326 g/mol. The minimum Gasteiger partial charge on any atom is -0.409 e. The summed E-state index contributed by atoms with van der Waals surface area (Å²) in [6, 6.07) is 9.75. The van der Waals surface area contributed by atoms with Crippen LogP contribution in [0, 0.1) is 5.41 Å². The van der Waals surface area contributed by atoms with Crippen molar-refractivity contribution in [3.8, 4) is 0 Å². The summed E-state index contributed by atoms with van der Waals surface area (Å²) >= 11 is 0. The summed E-state index contributed by atoms with van der Waals surface area (Å²) < 4.78 is 17.7. The zero-order valence-corrected chi connectivity index (χ0v) is 14.5. The van der Waals surface area contributed by atoms with E-state index in [1.165, 1.54) is 0 Å². The maximum Gasteiger partial charge on any atom is 0.148 e. The molecule has 0 saturated carbocycles. The number of oxime groups is 1. The molecular weight excluding hydrogens is 300 g/mol. The number of amidine groups is 1. The number of nitrogens with two attached hydrogens (primary N) is 1. The van der Waals surface area contributed by atoms with Gasteiger partial charge in [0, 0.05) is 21.3 Å². The van der Waals surface area contributed by atoms with Crippen LogP contribution in [0.4, 0.5) is 0 Å². The normalized spacial score (nSPS) is 17.0. The lowest BCUT2D eigenvalue weighted by Gasteiger charge is -2.30. The topological polar surface area (TPSA) is 84.9 Å². The van der Waals surface area contributed by atoms with Gasteiger partial charge in [-0.25, -0.2) is 0 Å². The SMILES string of the molecule is CC(COCc1ccccc1)(CS(=O)C(C)(C)C)/C(N)=N/O. The van der Waals surface area contributed by atoms with Crippen molar-refractivity contribution in [2.24, 2.45) is 16.3 Å². The Labute approximate surface area is 135 Å². The van der Waals surface area contributed by atoms with E-state index >= 15 is 0 Å². The third-order valence-electron chi connectivity index (χ3n) is 3.39. The fourth-order valence-electron chi connectivity index (χ4n) is 1.78. The molecule has 0 aliphatic carbocycles. The monoisotopic (exact) mass is 326 g/mol. The molecule has 0 amide bonds. The van der Waals surface area contributed by atoms with Crippen LogP contribution in [0.5, 0.6) is 0 Å². The highest BCUT2D eigenvalue weighted by atomic mass is 32.2. The third-order valence-corrected chi connectivity index (χ3v) is 5.66. The van der Waals surface area contributed by atoms with E-state index in [0.717, 1.165) is 5.56 Å². The molecule has 1 aromatic carbocycles. The van der Waals surface area contributed by atoms with Crippen LogP contribution in [-0.2, 0) is 22.1 Å². The fourth-order valence-corrected chi connectivity index (χ4v) is 3.03. The Kier molecular flexibility index (Phi) is 6.56. The minimum atomic E-state index is -1.13. The number of benzene rings is 1. The van der Waals surface area contributed by atoms with Crippen LogP contribution in [0.1, 0.15) is 33.3 Å². The van der Waals surface area contributed by atoms with Gasteiger partial charge in [-0.2, -0.15) is 0 Å². The summed E-state index contributed by atoms with van der Waals surface area (Å²) in [4.78, 5) is 0. The van der Waals surface area contributed by atoms with E-state index in [0.29, 0.717) is 6.61 Å². The molecule has 2 atom stereocenters. The van der Waals surface area contributed by atoms with Gasteiger partial charge in [-0.1, -0.05) is 35.5 Å². The van der Waals surface area contributed by atoms with Crippen LogP contribution in [0.15, 0.2) is 35.5 Å². The highest BCUT2D eigenvalue weighted by molar-refractivity contribution is 7.86. The summed E-state index contributed by atoms with van der Waals surface area (Å²) in [5, 5.41) is 12.1. The average Bonchev–Trinajstić information content (AvgIpc) is 2.46. The van der Waals surface area contributed by atoms with Gasteiger partial charge in [0.2, 0.25) is 0 Å².